The van der Waals surface area contributed by atoms with Gasteiger partial charge in [0.1, 0.15) is 30.5 Å². The number of hydroxylamine groups is 1. The summed E-state index contributed by atoms with van der Waals surface area (Å²) in [5.41, 5.74) is -3.53. The number of aromatic nitrogens is 2. The SMILES string of the molecule is CC[Si](CC)(CC)O[C@@H]1[C@@H](CON([C@@H](C)C(=O)OC(C)C)[PH](=O)Oc2ccccc2)O[C@@H](n2ccc(=O)n(COC(=O)CN=C(C)C)c2=O)[C@]1(C)F. The number of alkyl halides is 1. The van der Waals surface area contributed by atoms with Crippen molar-refractivity contribution in [1.82, 2.24) is 14.0 Å². The molecule has 1 aromatic heterocycles. The third kappa shape index (κ3) is 10.8. The molecule has 2 heterocycles. The standard InChI is InChI=1S/C34H52FN4O11PSi/c1-10-52(11-2,12-3)50-30-27(21-46-39(25(8)31(42)47-24(6)7)51(44)49-26-16-14-13-15-17-26)48-32(34(30,9)35)37-19-18-28(40)38(33(37)43)22-45-29(41)20-36-23(4)5/h13-19,24-25,27,30,32,51H,10-12,20-22H2,1-9H3/t25-,27+,30+,32+,34+/m0/s1. The van der Waals surface area contributed by atoms with Gasteiger partial charge in [0.2, 0.25) is 0 Å². The minimum Gasteiger partial charge on any atom is -0.462 e. The number of para-hydroxylation sites is 1. The fourth-order valence-electron chi connectivity index (χ4n) is 5.57. The van der Waals surface area contributed by atoms with Gasteiger partial charge in [0.15, 0.2) is 26.9 Å². The van der Waals surface area contributed by atoms with E-state index in [1.165, 1.54) is 13.8 Å². The van der Waals surface area contributed by atoms with Gasteiger partial charge in [-0.15, -0.1) is 0 Å². The van der Waals surface area contributed by atoms with E-state index >= 15 is 4.39 Å². The Labute approximate surface area is 305 Å². The molecule has 52 heavy (non-hydrogen) atoms. The average molecular weight is 771 g/mol. The highest BCUT2D eigenvalue weighted by Gasteiger charge is 2.59. The molecule has 0 amide bonds. The number of carbonyl (C=O) groups is 2. The van der Waals surface area contributed by atoms with Gasteiger partial charge >= 0.3 is 25.8 Å². The zero-order chi connectivity index (χ0) is 38.8. The van der Waals surface area contributed by atoms with Crippen LogP contribution in [0.15, 0.2) is 57.2 Å². The van der Waals surface area contributed by atoms with Gasteiger partial charge < -0.3 is 23.2 Å². The Balaban J connectivity index is 2.01. The van der Waals surface area contributed by atoms with Gasteiger partial charge in [-0.2, -0.15) is 0 Å². The molecule has 0 radical (unpaired) electrons. The Morgan fingerprint density at radius 1 is 1.08 bits per heavy atom. The van der Waals surface area contributed by atoms with Crippen molar-refractivity contribution in [3.05, 3.63) is 63.4 Å². The van der Waals surface area contributed by atoms with Gasteiger partial charge in [-0.1, -0.05) is 43.8 Å². The summed E-state index contributed by atoms with van der Waals surface area (Å²) in [6.07, 6.45) is -3.53. The first-order valence-corrected chi connectivity index (χ1v) is 21.2. The van der Waals surface area contributed by atoms with Crippen LogP contribution >= 0.6 is 8.18 Å². The first-order chi connectivity index (χ1) is 24.5. The van der Waals surface area contributed by atoms with E-state index < -0.39 is 89.3 Å². The van der Waals surface area contributed by atoms with E-state index in [1.807, 2.05) is 20.8 Å². The number of ether oxygens (including phenoxy) is 3. The van der Waals surface area contributed by atoms with Crippen molar-refractivity contribution in [1.29, 1.82) is 0 Å². The molecular formula is C34H52FN4O11PSi. The van der Waals surface area contributed by atoms with Gasteiger partial charge in [0.05, 0.1) is 12.7 Å². The van der Waals surface area contributed by atoms with Crippen LogP contribution in [0.1, 0.15) is 68.5 Å². The Morgan fingerprint density at radius 2 is 1.71 bits per heavy atom. The number of carbonyl (C=O) groups excluding carboxylic acids is 2. The van der Waals surface area contributed by atoms with Gasteiger partial charge in [0.25, 0.3) is 5.56 Å². The predicted octanol–water partition coefficient (Wildman–Crippen LogP) is 5.05. The molecule has 290 valence electrons. The highest BCUT2D eigenvalue weighted by Crippen LogP contribution is 2.45. The number of benzene rings is 1. The number of aliphatic imine (C=N–C) groups is 1. The molecule has 0 aliphatic carbocycles. The number of rotatable bonds is 19. The molecular weight excluding hydrogens is 718 g/mol. The van der Waals surface area contributed by atoms with Crippen LogP contribution in [0.5, 0.6) is 5.75 Å². The Kier molecular flexibility index (Phi) is 15.7. The molecule has 15 nitrogen and oxygen atoms in total. The monoisotopic (exact) mass is 770 g/mol. The Hall–Kier alpha value is -3.47. The molecule has 1 unspecified atom stereocenters. The first kappa shape index (κ1) is 42.9. The van der Waals surface area contributed by atoms with Crippen molar-refractivity contribution < 1.29 is 46.5 Å². The maximum absolute atomic E-state index is 17.3. The van der Waals surface area contributed by atoms with E-state index in [4.69, 9.17) is 28.0 Å². The molecule has 0 bridgehead atoms. The largest absolute Gasteiger partial charge is 0.462 e. The third-order valence-corrected chi connectivity index (χ3v) is 14.7. The molecule has 1 aromatic carbocycles. The molecule has 6 atom stereocenters. The quantitative estimate of drug-likeness (QED) is 0.0615. The van der Waals surface area contributed by atoms with Crippen molar-refractivity contribution in [2.75, 3.05) is 13.2 Å². The second-order valence-electron chi connectivity index (χ2n) is 13.1. The van der Waals surface area contributed by atoms with Crippen LogP contribution in [-0.4, -0.2) is 83.1 Å². The van der Waals surface area contributed by atoms with E-state index in [0.717, 1.165) is 21.7 Å². The molecule has 1 saturated heterocycles. The Morgan fingerprint density at radius 3 is 2.29 bits per heavy atom. The van der Waals surface area contributed by atoms with Gasteiger partial charge in [-0.05, 0) is 71.8 Å². The molecule has 0 spiro atoms. The second kappa shape index (κ2) is 19.0. The number of hydrogen-bond donors (Lipinski definition) is 0. The van der Waals surface area contributed by atoms with Crippen molar-refractivity contribution in [3.8, 4) is 5.75 Å². The summed E-state index contributed by atoms with van der Waals surface area (Å²) >= 11 is 0. The minimum absolute atomic E-state index is 0.261. The summed E-state index contributed by atoms with van der Waals surface area (Å²) in [5.74, 6) is -1.25. The second-order valence-corrected chi connectivity index (χ2v) is 19.0. The van der Waals surface area contributed by atoms with E-state index in [-0.39, 0.29) is 12.3 Å². The maximum Gasteiger partial charge on any atom is 0.336 e. The van der Waals surface area contributed by atoms with E-state index in [2.05, 4.69) is 4.99 Å². The summed E-state index contributed by atoms with van der Waals surface area (Å²) in [7, 11) is -5.87. The summed E-state index contributed by atoms with van der Waals surface area (Å²) in [5, 5.41) is 0. The third-order valence-electron chi connectivity index (χ3n) is 8.77. The predicted molar refractivity (Wildman–Crippen MR) is 195 cm³/mol. The Bertz CT molecular complexity index is 1670. The van der Waals surface area contributed by atoms with Crippen molar-refractivity contribution in [2.45, 2.75) is 123 Å². The van der Waals surface area contributed by atoms with Crippen LogP contribution in [0.25, 0.3) is 0 Å². The van der Waals surface area contributed by atoms with Crippen molar-refractivity contribution >= 4 is 34.1 Å². The molecule has 1 fully saturated rings. The lowest BCUT2D eigenvalue weighted by Crippen LogP contribution is -2.52. The minimum atomic E-state index is -3.31. The van der Waals surface area contributed by atoms with E-state index in [0.29, 0.717) is 28.4 Å². The fourth-order valence-corrected chi connectivity index (χ4v) is 9.52. The molecule has 2 aromatic rings. The fraction of sp³-hybridized carbons (Fsp3) is 0.618. The van der Waals surface area contributed by atoms with Crippen LogP contribution in [0.3, 0.4) is 0 Å². The lowest BCUT2D eigenvalue weighted by atomic mass is 9.98. The summed E-state index contributed by atoms with van der Waals surface area (Å²) in [6, 6.07) is 10.1. The molecule has 0 saturated carbocycles. The zero-order valence-corrected chi connectivity index (χ0v) is 33.3. The maximum atomic E-state index is 17.3. The zero-order valence-electron chi connectivity index (χ0n) is 31.3. The normalized spacial score (nSPS) is 21.5. The molecule has 18 heteroatoms. The summed E-state index contributed by atoms with van der Waals surface area (Å²) in [4.78, 5) is 62.4. The van der Waals surface area contributed by atoms with E-state index in [9.17, 15) is 23.7 Å². The van der Waals surface area contributed by atoms with Gasteiger partial charge in [-0.25, -0.2) is 18.5 Å². The average Bonchev–Trinajstić information content (AvgIpc) is 3.34. The van der Waals surface area contributed by atoms with E-state index in [1.54, 1.807) is 58.0 Å². The van der Waals surface area contributed by atoms with Crippen LogP contribution < -0.4 is 15.8 Å². The highest BCUT2D eigenvalue weighted by atomic mass is 31.1. The van der Waals surface area contributed by atoms with Gasteiger partial charge in [-0.3, -0.25) is 28.6 Å². The van der Waals surface area contributed by atoms with Gasteiger partial charge in [0, 0.05) is 18.0 Å². The molecule has 0 N–H and O–H groups in total. The number of halogens is 1. The molecule has 1 aliphatic heterocycles. The number of esters is 2. The topological polar surface area (TPSA) is 166 Å². The van der Waals surface area contributed by atoms with Crippen LogP contribution in [0.4, 0.5) is 4.39 Å². The summed E-state index contributed by atoms with van der Waals surface area (Å²) in [6.45, 7) is 13.8. The summed E-state index contributed by atoms with van der Waals surface area (Å²) < 4.78 is 61.5. The highest BCUT2D eigenvalue weighted by molar-refractivity contribution is 7.36. The first-order valence-electron chi connectivity index (χ1n) is 17.4. The molecule has 3 rings (SSSR count). The van der Waals surface area contributed by atoms with Crippen molar-refractivity contribution in [2.24, 2.45) is 4.99 Å². The lowest BCUT2D eigenvalue weighted by Gasteiger charge is -2.37. The van der Waals surface area contributed by atoms with Crippen LogP contribution in [-0.2, 0) is 44.4 Å². The van der Waals surface area contributed by atoms with Crippen LogP contribution in [0.2, 0.25) is 18.1 Å². The lowest BCUT2D eigenvalue weighted by molar-refractivity contribution is -0.183. The smallest absolute Gasteiger partial charge is 0.336 e. The molecule has 1 aliphatic rings. The number of hydrogen-bond acceptors (Lipinski definition) is 12. The van der Waals surface area contributed by atoms with Crippen molar-refractivity contribution in [3.63, 3.8) is 0 Å². The van der Waals surface area contributed by atoms with Crippen LogP contribution in [0, 0.1) is 0 Å². The number of nitrogens with zero attached hydrogens (tertiary/aromatic N) is 4.